The molecule has 1 unspecified atom stereocenters. The van der Waals surface area contributed by atoms with Crippen LogP contribution >= 0.6 is 34.8 Å². The number of methoxy groups -OCH3 is 1. The first kappa shape index (κ1) is 37.4. The van der Waals surface area contributed by atoms with Crippen LogP contribution in [0.5, 0.6) is 5.75 Å². The van der Waals surface area contributed by atoms with Crippen molar-refractivity contribution in [1.29, 1.82) is 0 Å². The summed E-state index contributed by atoms with van der Waals surface area (Å²) in [6, 6.07) is 49.5. The van der Waals surface area contributed by atoms with E-state index in [0.717, 1.165) is 50.6 Å². The summed E-state index contributed by atoms with van der Waals surface area (Å²) in [5, 5.41) is 12.0. The van der Waals surface area contributed by atoms with Crippen LogP contribution in [0.15, 0.2) is 162 Å². The number of benzene rings is 6. The lowest BCUT2D eigenvalue weighted by atomic mass is 9.95. The summed E-state index contributed by atoms with van der Waals surface area (Å²) in [6.45, 7) is 0.363. The summed E-state index contributed by atoms with van der Waals surface area (Å²) >= 11 is 20.8. The molecule has 1 atom stereocenters. The van der Waals surface area contributed by atoms with Crippen molar-refractivity contribution in [3.63, 3.8) is 0 Å². The molecule has 7 aromatic rings. The van der Waals surface area contributed by atoms with Gasteiger partial charge in [-0.1, -0.05) is 144 Å². The van der Waals surface area contributed by atoms with Gasteiger partial charge in [-0.3, -0.25) is 0 Å². The van der Waals surface area contributed by atoms with Gasteiger partial charge in [-0.15, -0.1) is 0 Å². The zero-order valence-corrected chi connectivity index (χ0v) is 32.8. The van der Waals surface area contributed by atoms with Gasteiger partial charge in [0.2, 0.25) is 0 Å². The van der Waals surface area contributed by atoms with Crippen LogP contribution in [0.25, 0.3) is 33.9 Å². The lowest BCUT2D eigenvalue weighted by Gasteiger charge is -2.25. The molecule has 0 amide bonds. The monoisotopic (exact) mass is 794 g/mol. The lowest BCUT2D eigenvalue weighted by Crippen LogP contribution is -2.21. The Bertz CT molecular complexity index is 2590. The van der Waals surface area contributed by atoms with Gasteiger partial charge in [-0.2, -0.15) is 0 Å². The number of hydrogen-bond donors (Lipinski definition) is 1. The van der Waals surface area contributed by atoms with Crippen molar-refractivity contribution in [1.82, 2.24) is 9.55 Å². The van der Waals surface area contributed by atoms with Crippen LogP contribution in [0, 0.1) is 0 Å². The Hall–Kier alpha value is -5.50. The van der Waals surface area contributed by atoms with Crippen molar-refractivity contribution in [3.05, 3.63) is 189 Å². The predicted octanol–water partition coefficient (Wildman–Crippen LogP) is 12.0. The van der Waals surface area contributed by atoms with Gasteiger partial charge in [0.1, 0.15) is 11.6 Å². The number of halogens is 3. The first-order valence-electron chi connectivity index (χ1n) is 18.3. The highest BCUT2D eigenvalue weighted by atomic mass is 35.5. The molecular weight excluding hydrogens is 759 g/mol. The normalized spacial score (nSPS) is 15.1. The van der Waals surface area contributed by atoms with Crippen LogP contribution < -0.4 is 4.74 Å². The van der Waals surface area contributed by atoms with Crippen LogP contribution in [0.1, 0.15) is 35.1 Å². The quantitative estimate of drug-likeness (QED) is 0.134. The molecule has 56 heavy (non-hydrogen) atoms. The molecule has 0 saturated heterocycles. The molecule has 2 heterocycles. The van der Waals surface area contributed by atoms with Crippen LogP contribution in [0.3, 0.4) is 0 Å². The Labute approximate surface area is 341 Å². The maximum atomic E-state index is 10.3. The molecule has 9 heteroatoms. The number of aliphatic imine (C=N–C) groups is 2. The first-order valence-corrected chi connectivity index (χ1v) is 19.5. The molecule has 0 fully saturated rings. The van der Waals surface area contributed by atoms with Gasteiger partial charge < -0.3 is 14.4 Å². The number of imidazole rings is 1. The highest BCUT2D eigenvalue weighted by molar-refractivity contribution is 6.56. The zero-order chi connectivity index (χ0) is 38.6. The van der Waals surface area contributed by atoms with Crippen LogP contribution in [0.2, 0.25) is 15.1 Å². The molecule has 0 saturated carbocycles. The average Bonchev–Trinajstić information content (AvgIpc) is 3.81. The van der Waals surface area contributed by atoms with E-state index in [1.165, 1.54) is 0 Å². The number of aromatic nitrogens is 2. The summed E-state index contributed by atoms with van der Waals surface area (Å²) in [6.07, 6.45) is 1.12. The van der Waals surface area contributed by atoms with E-state index in [4.69, 9.17) is 54.5 Å². The van der Waals surface area contributed by atoms with Gasteiger partial charge in [0.05, 0.1) is 46.6 Å². The van der Waals surface area contributed by atoms with Gasteiger partial charge in [0.25, 0.3) is 0 Å². The van der Waals surface area contributed by atoms with E-state index in [1.54, 1.807) is 7.11 Å². The maximum absolute atomic E-state index is 10.3. The number of hydrogen-bond acceptors (Lipinski definition) is 5. The molecule has 1 aromatic heterocycles. The minimum Gasteiger partial charge on any atom is -0.496 e. The summed E-state index contributed by atoms with van der Waals surface area (Å²) < 4.78 is 7.81. The summed E-state index contributed by atoms with van der Waals surface area (Å²) in [7, 11) is 1.59. The van der Waals surface area contributed by atoms with Crippen molar-refractivity contribution in [2.75, 3.05) is 7.11 Å². The van der Waals surface area contributed by atoms with Gasteiger partial charge >= 0.3 is 0 Å². The fourth-order valence-corrected chi connectivity index (χ4v) is 8.17. The molecule has 0 bridgehead atoms. The van der Waals surface area contributed by atoms with Crippen LogP contribution in [-0.4, -0.2) is 33.2 Å². The molecule has 0 aliphatic carbocycles. The summed E-state index contributed by atoms with van der Waals surface area (Å²) in [5.74, 6) is 1.35. The average molecular weight is 796 g/mol. The van der Waals surface area contributed by atoms with Gasteiger partial charge in [0, 0.05) is 50.5 Å². The van der Waals surface area contributed by atoms with Gasteiger partial charge in [-0.05, 0) is 55.3 Å². The van der Waals surface area contributed by atoms with Crippen molar-refractivity contribution >= 4 is 46.2 Å². The Morgan fingerprint density at radius 1 is 0.625 bits per heavy atom. The fraction of sp³-hybridized carbons (Fsp3) is 0.128. The second-order valence-corrected chi connectivity index (χ2v) is 14.7. The van der Waals surface area contributed by atoms with Crippen molar-refractivity contribution in [2.45, 2.75) is 31.7 Å². The van der Waals surface area contributed by atoms with Crippen molar-refractivity contribution in [2.24, 2.45) is 9.98 Å². The third kappa shape index (κ3) is 7.17. The minimum atomic E-state index is -1.11. The Balaban J connectivity index is 1.29. The third-order valence-corrected chi connectivity index (χ3v) is 11.0. The van der Waals surface area contributed by atoms with Crippen molar-refractivity contribution < 1.29 is 9.84 Å². The summed E-state index contributed by atoms with van der Waals surface area (Å²) in [5.41, 5.74) is 7.86. The predicted molar refractivity (Wildman–Crippen MR) is 229 cm³/mol. The molecule has 8 rings (SSSR count). The SMILES string of the molecule is COc1ccc(C2=NC(CCCn3c(-c4ccccc4Cl)nc(-c4ccccc4)c3-c3ccccc3)(c3ccccc3Cl)N=C2c2ccccc2Cl)cc1CO. The number of aliphatic hydroxyl groups excluding tert-OH is 1. The Morgan fingerprint density at radius 2 is 1.21 bits per heavy atom. The number of nitrogens with zero attached hydrogens (tertiary/aromatic N) is 4. The number of aliphatic hydroxyl groups is 1. The lowest BCUT2D eigenvalue weighted by molar-refractivity contribution is 0.274. The highest BCUT2D eigenvalue weighted by Crippen LogP contribution is 2.44. The molecule has 0 spiro atoms. The van der Waals surface area contributed by atoms with E-state index >= 15 is 0 Å². The topological polar surface area (TPSA) is 72.0 Å². The Morgan fingerprint density at radius 3 is 1.86 bits per heavy atom. The molecule has 0 radical (unpaired) electrons. The Kier molecular flexibility index (Phi) is 10.9. The van der Waals surface area contributed by atoms with E-state index in [0.29, 0.717) is 57.2 Å². The third-order valence-electron chi connectivity index (χ3n) is 10.1. The van der Waals surface area contributed by atoms with E-state index in [1.807, 2.05) is 127 Å². The molecule has 6 aromatic carbocycles. The second kappa shape index (κ2) is 16.3. The molecule has 1 aliphatic heterocycles. The molecule has 278 valence electrons. The maximum Gasteiger partial charge on any atom is 0.178 e. The van der Waals surface area contributed by atoms with Gasteiger partial charge in [-0.25, -0.2) is 15.0 Å². The zero-order valence-electron chi connectivity index (χ0n) is 30.5. The van der Waals surface area contributed by atoms with E-state index in [9.17, 15) is 5.11 Å². The smallest absolute Gasteiger partial charge is 0.178 e. The van der Waals surface area contributed by atoms with E-state index in [-0.39, 0.29) is 6.61 Å². The van der Waals surface area contributed by atoms with E-state index in [2.05, 4.69) is 28.8 Å². The number of ether oxygens (including phenoxy) is 1. The summed E-state index contributed by atoms with van der Waals surface area (Å²) in [4.78, 5) is 16.3. The van der Waals surface area contributed by atoms with Crippen molar-refractivity contribution in [3.8, 4) is 39.7 Å². The first-order chi connectivity index (χ1) is 27.4. The molecular formula is C47H37Cl3N4O2. The van der Waals surface area contributed by atoms with E-state index < -0.39 is 5.66 Å². The van der Waals surface area contributed by atoms with Gasteiger partial charge in [0.15, 0.2) is 5.66 Å². The molecule has 6 nitrogen and oxygen atoms in total. The molecule has 1 N–H and O–H groups in total. The van der Waals surface area contributed by atoms with Crippen LogP contribution in [-0.2, 0) is 18.8 Å². The fourth-order valence-electron chi connectivity index (χ4n) is 7.43. The van der Waals surface area contributed by atoms with Crippen LogP contribution in [0.4, 0.5) is 0 Å². The number of rotatable bonds is 12. The molecule has 1 aliphatic rings. The second-order valence-electron chi connectivity index (χ2n) is 13.5. The minimum absolute atomic E-state index is 0.202. The largest absolute Gasteiger partial charge is 0.496 e. The highest BCUT2D eigenvalue weighted by Gasteiger charge is 2.40. The standard InChI is InChI=1S/C47H37Cl3N4O2/c1-56-41-26-25-33(29-34(41)30-55)42-44(35-19-8-11-22-38(35)48)53-47(52-42,37-21-10-13-24-40(37)50)27-14-28-54-45(32-17-6-3-7-18-32)43(31-15-4-2-5-16-31)51-46(54)36-20-9-12-23-39(36)49/h2-13,15-26,29,55H,14,27-28,30H2,1H3.